The van der Waals surface area contributed by atoms with E-state index in [0.717, 1.165) is 4.31 Å². The zero-order valence-corrected chi connectivity index (χ0v) is 11.7. The van der Waals surface area contributed by atoms with Gasteiger partial charge < -0.3 is 5.73 Å². The van der Waals surface area contributed by atoms with Gasteiger partial charge in [0.2, 0.25) is 0 Å². The average Bonchev–Trinajstić information content (AvgIpc) is 2.34. The van der Waals surface area contributed by atoms with Crippen molar-refractivity contribution in [2.45, 2.75) is 25.9 Å². The third-order valence-electron chi connectivity index (χ3n) is 3.27. The van der Waals surface area contributed by atoms with Crippen molar-refractivity contribution < 1.29 is 21.6 Å². The van der Waals surface area contributed by atoms with Crippen LogP contribution in [0.2, 0.25) is 0 Å². The van der Waals surface area contributed by atoms with Crippen LogP contribution in [0.3, 0.4) is 0 Å². The van der Waals surface area contributed by atoms with Crippen LogP contribution in [0.4, 0.5) is 13.2 Å². The second-order valence-electron chi connectivity index (χ2n) is 4.63. The second kappa shape index (κ2) is 6.38. The van der Waals surface area contributed by atoms with Gasteiger partial charge in [0.25, 0.3) is 10.2 Å². The van der Waals surface area contributed by atoms with E-state index in [1.54, 1.807) is 0 Å². The fraction of sp³-hybridized carbons (Fsp3) is 1.00. The molecular weight excluding hydrogens is 283 g/mol. The molecule has 0 bridgehead atoms. The van der Waals surface area contributed by atoms with Gasteiger partial charge in [0, 0.05) is 19.6 Å². The van der Waals surface area contributed by atoms with Gasteiger partial charge in [-0.2, -0.15) is 30.2 Å². The third kappa shape index (κ3) is 4.59. The molecule has 0 atom stereocenters. The van der Waals surface area contributed by atoms with Crippen molar-refractivity contribution >= 4 is 10.2 Å². The second-order valence-corrected chi connectivity index (χ2v) is 6.56. The van der Waals surface area contributed by atoms with E-state index in [2.05, 4.69) is 0 Å². The van der Waals surface area contributed by atoms with Crippen LogP contribution in [0.5, 0.6) is 0 Å². The fourth-order valence-electron chi connectivity index (χ4n) is 2.10. The van der Waals surface area contributed by atoms with Gasteiger partial charge in [-0.3, -0.25) is 0 Å². The van der Waals surface area contributed by atoms with Gasteiger partial charge in [-0.1, -0.05) is 6.92 Å². The van der Waals surface area contributed by atoms with Crippen molar-refractivity contribution in [2.24, 2.45) is 11.7 Å². The van der Waals surface area contributed by atoms with Crippen LogP contribution >= 0.6 is 0 Å². The first-order valence-corrected chi connectivity index (χ1v) is 7.62. The topological polar surface area (TPSA) is 66.6 Å². The van der Waals surface area contributed by atoms with E-state index in [4.69, 9.17) is 5.73 Å². The van der Waals surface area contributed by atoms with Crippen LogP contribution in [0, 0.1) is 5.92 Å². The Labute approximate surface area is 111 Å². The van der Waals surface area contributed by atoms with Gasteiger partial charge in [-0.05, 0) is 25.3 Å². The molecule has 0 aromatic rings. The number of nitrogens with two attached hydrogens (primary N) is 1. The van der Waals surface area contributed by atoms with Gasteiger partial charge in [-0.25, -0.2) is 0 Å². The van der Waals surface area contributed by atoms with Gasteiger partial charge in [0.05, 0.1) is 0 Å². The number of alkyl halides is 3. The Morgan fingerprint density at radius 2 is 1.84 bits per heavy atom. The molecule has 5 nitrogen and oxygen atoms in total. The highest BCUT2D eigenvalue weighted by atomic mass is 32.2. The summed E-state index contributed by atoms with van der Waals surface area (Å²) in [6.07, 6.45) is -3.34. The van der Waals surface area contributed by atoms with Crippen molar-refractivity contribution in [3.63, 3.8) is 0 Å². The number of nitrogens with zero attached hydrogens (tertiary/aromatic N) is 2. The van der Waals surface area contributed by atoms with Crippen molar-refractivity contribution in [3.8, 4) is 0 Å². The maximum Gasteiger partial charge on any atom is 0.402 e. The molecule has 1 aliphatic heterocycles. The van der Waals surface area contributed by atoms with Crippen LogP contribution in [-0.2, 0) is 10.2 Å². The predicted octanol–water partition coefficient (Wildman–Crippen LogP) is 0.786. The summed E-state index contributed by atoms with van der Waals surface area (Å²) in [4.78, 5) is 0. The minimum atomic E-state index is -4.53. The first kappa shape index (κ1) is 16.7. The number of hydrogen-bond donors (Lipinski definition) is 1. The van der Waals surface area contributed by atoms with E-state index >= 15 is 0 Å². The summed E-state index contributed by atoms with van der Waals surface area (Å²) in [5.74, 6) is 0.254. The Balaban J connectivity index is 2.73. The molecule has 0 spiro atoms. The van der Waals surface area contributed by atoms with Gasteiger partial charge in [0.15, 0.2) is 0 Å². The predicted molar refractivity (Wildman–Crippen MR) is 65.6 cm³/mol. The maximum absolute atomic E-state index is 12.4. The molecular formula is C10H20F3N3O2S. The summed E-state index contributed by atoms with van der Waals surface area (Å²) in [7, 11) is -4.03. The van der Waals surface area contributed by atoms with Crippen molar-refractivity contribution in [1.29, 1.82) is 0 Å². The highest BCUT2D eigenvalue weighted by molar-refractivity contribution is 7.86. The lowest BCUT2D eigenvalue weighted by atomic mass is 9.99. The van der Waals surface area contributed by atoms with Crippen LogP contribution in [0.15, 0.2) is 0 Å². The van der Waals surface area contributed by atoms with E-state index in [1.165, 1.54) is 6.92 Å². The van der Waals surface area contributed by atoms with E-state index < -0.39 is 22.9 Å². The average molecular weight is 303 g/mol. The zero-order valence-electron chi connectivity index (χ0n) is 10.9. The number of hydrogen-bond acceptors (Lipinski definition) is 3. The van der Waals surface area contributed by atoms with E-state index in [1.807, 2.05) is 0 Å². The maximum atomic E-state index is 12.4. The van der Waals surface area contributed by atoms with Gasteiger partial charge in [-0.15, -0.1) is 0 Å². The van der Waals surface area contributed by atoms with E-state index in [9.17, 15) is 21.6 Å². The molecule has 1 rings (SSSR count). The Kier molecular flexibility index (Phi) is 5.60. The normalized spacial score (nSPS) is 20.1. The Hall–Kier alpha value is -0.380. The Bertz CT molecular complexity index is 378. The SMILES string of the molecule is CCN(CC(F)(F)F)S(=O)(=O)N1CCC(CN)CC1. The smallest absolute Gasteiger partial charge is 0.330 e. The molecule has 0 saturated carbocycles. The molecule has 0 aromatic heterocycles. The van der Waals surface area contributed by atoms with Gasteiger partial charge in [0.1, 0.15) is 6.54 Å². The van der Waals surface area contributed by atoms with E-state index in [-0.39, 0.29) is 25.6 Å². The molecule has 0 radical (unpaired) electrons. The molecule has 2 N–H and O–H groups in total. The first-order chi connectivity index (χ1) is 8.70. The van der Waals surface area contributed by atoms with Crippen LogP contribution in [-0.4, -0.2) is 55.9 Å². The molecule has 1 saturated heterocycles. The minimum absolute atomic E-state index is 0.196. The quantitative estimate of drug-likeness (QED) is 0.816. The molecule has 1 fully saturated rings. The molecule has 1 heterocycles. The molecule has 0 aliphatic carbocycles. The molecule has 9 heteroatoms. The summed E-state index contributed by atoms with van der Waals surface area (Å²) >= 11 is 0. The summed E-state index contributed by atoms with van der Waals surface area (Å²) in [5, 5.41) is 0. The largest absolute Gasteiger partial charge is 0.402 e. The number of piperidine rings is 1. The highest BCUT2D eigenvalue weighted by Crippen LogP contribution is 2.23. The standard InChI is InChI=1S/C10H20F3N3O2S/c1-2-15(8-10(11,12)13)19(17,18)16-5-3-9(7-14)4-6-16/h9H,2-8,14H2,1H3. The molecule has 0 aromatic carbocycles. The fourth-order valence-corrected chi connectivity index (χ4v) is 3.73. The molecule has 0 unspecified atom stereocenters. The molecule has 19 heavy (non-hydrogen) atoms. The summed E-state index contributed by atoms with van der Waals surface area (Å²) in [6, 6.07) is 0. The third-order valence-corrected chi connectivity index (χ3v) is 5.33. The van der Waals surface area contributed by atoms with Crippen molar-refractivity contribution in [2.75, 3.05) is 32.7 Å². The lowest BCUT2D eigenvalue weighted by Crippen LogP contribution is -2.50. The van der Waals surface area contributed by atoms with Gasteiger partial charge >= 0.3 is 6.18 Å². The van der Waals surface area contributed by atoms with E-state index in [0.29, 0.717) is 23.7 Å². The van der Waals surface area contributed by atoms with Crippen molar-refractivity contribution in [1.82, 2.24) is 8.61 Å². The van der Waals surface area contributed by atoms with Crippen LogP contribution in [0.25, 0.3) is 0 Å². The molecule has 1 aliphatic rings. The number of rotatable bonds is 5. The Morgan fingerprint density at radius 1 is 1.32 bits per heavy atom. The van der Waals surface area contributed by atoms with Crippen molar-refractivity contribution in [3.05, 3.63) is 0 Å². The summed E-state index contributed by atoms with van der Waals surface area (Å²) in [5.41, 5.74) is 5.50. The zero-order chi connectivity index (χ0) is 14.7. The first-order valence-electron chi connectivity index (χ1n) is 6.22. The summed E-state index contributed by atoms with van der Waals surface area (Å²) in [6.45, 7) is 0.711. The Morgan fingerprint density at radius 3 is 2.21 bits per heavy atom. The van der Waals surface area contributed by atoms with Crippen LogP contribution < -0.4 is 5.73 Å². The number of halogens is 3. The molecule has 114 valence electrons. The van der Waals surface area contributed by atoms with Crippen LogP contribution in [0.1, 0.15) is 19.8 Å². The monoisotopic (exact) mass is 303 g/mol. The lowest BCUT2D eigenvalue weighted by molar-refractivity contribution is -0.136. The molecule has 0 amide bonds. The minimum Gasteiger partial charge on any atom is -0.330 e. The highest BCUT2D eigenvalue weighted by Gasteiger charge is 2.39. The summed E-state index contributed by atoms with van der Waals surface area (Å²) < 4.78 is 62.9. The lowest BCUT2D eigenvalue weighted by Gasteiger charge is -2.34.